The molecule has 46 heavy (non-hydrogen) atoms. The van der Waals surface area contributed by atoms with E-state index in [0.717, 1.165) is 31.6 Å². The van der Waals surface area contributed by atoms with Crippen LogP contribution in [0.15, 0.2) is 24.4 Å². The maximum absolute atomic E-state index is 13.3. The van der Waals surface area contributed by atoms with Crippen molar-refractivity contribution in [2.75, 3.05) is 62.0 Å². The number of anilines is 4. The summed E-state index contributed by atoms with van der Waals surface area (Å²) >= 11 is 0. The van der Waals surface area contributed by atoms with Crippen molar-refractivity contribution in [1.82, 2.24) is 25.1 Å². The lowest BCUT2D eigenvalue weighted by Crippen LogP contribution is -2.59. The summed E-state index contributed by atoms with van der Waals surface area (Å²) in [6, 6.07) is 5.93. The fourth-order valence-electron chi connectivity index (χ4n) is 7.47. The molecule has 0 spiro atoms. The highest BCUT2D eigenvalue weighted by atomic mass is 16.5. The van der Waals surface area contributed by atoms with Crippen LogP contribution in [0.4, 0.5) is 23.1 Å². The average molecular weight is 633 g/mol. The van der Waals surface area contributed by atoms with E-state index in [-0.39, 0.29) is 29.4 Å². The number of ether oxygens (including phenoxy) is 1. The lowest BCUT2D eigenvalue weighted by Gasteiger charge is -2.47. The molecule has 11 heteroatoms. The fourth-order valence-corrected chi connectivity index (χ4v) is 7.47. The number of aromatic nitrogens is 2. The molecule has 11 nitrogen and oxygen atoms in total. The number of nitrogens with zero attached hydrogens (tertiary/aromatic N) is 6. The molecule has 0 bridgehead atoms. The third-order valence-electron chi connectivity index (χ3n) is 10.3. The summed E-state index contributed by atoms with van der Waals surface area (Å²) in [5, 5.41) is 6.57. The number of methoxy groups -OCH3 is 1. The topological polar surface area (TPSA) is 106 Å². The molecular weight excluding hydrogens is 580 g/mol. The highest BCUT2D eigenvalue weighted by molar-refractivity contribution is 6.04. The molecule has 2 aliphatic heterocycles. The zero-order chi connectivity index (χ0) is 32.6. The van der Waals surface area contributed by atoms with Crippen molar-refractivity contribution in [2.24, 2.45) is 5.92 Å². The van der Waals surface area contributed by atoms with Gasteiger partial charge in [-0.05, 0) is 89.8 Å². The van der Waals surface area contributed by atoms with Crippen LogP contribution in [0.25, 0.3) is 0 Å². The molecule has 2 saturated carbocycles. The Balaban J connectivity index is 1.07. The summed E-state index contributed by atoms with van der Waals surface area (Å²) < 4.78 is 5.69. The van der Waals surface area contributed by atoms with Gasteiger partial charge in [-0.15, -0.1) is 0 Å². The van der Waals surface area contributed by atoms with Gasteiger partial charge in [-0.1, -0.05) is 6.92 Å². The number of nitrogens with one attached hydrogen (secondary N) is 2. The van der Waals surface area contributed by atoms with E-state index in [1.807, 2.05) is 19.1 Å². The number of carbonyl (C=O) groups excluding carboxylic acids is 2. The molecule has 4 aliphatic rings. The van der Waals surface area contributed by atoms with Crippen LogP contribution in [-0.2, 0) is 4.79 Å². The molecule has 2 aromatic rings. The number of hydrogen-bond acceptors (Lipinski definition) is 9. The van der Waals surface area contributed by atoms with Crippen molar-refractivity contribution in [3.8, 4) is 5.75 Å². The molecule has 3 fully saturated rings. The summed E-state index contributed by atoms with van der Waals surface area (Å²) in [4.78, 5) is 44.9. The Morgan fingerprint density at radius 2 is 1.76 bits per heavy atom. The van der Waals surface area contributed by atoms with Gasteiger partial charge in [0, 0.05) is 63.0 Å². The Bertz CT molecular complexity index is 1410. The number of fused-ring (bicyclic) bond motifs is 1. The second kappa shape index (κ2) is 13.4. The van der Waals surface area contributed by atoms with Gasteiger partial charge in [0.05, 0.1) is 19.0 Å². The van der Waals surface area contributed by atoms with Crippen molar-refractivity contribution in [1.29, 1.82) is 0 Å². The van der Waals surface area contributed by atoms with Crippen molar-refractivity contribution >= 4 is 35.0 Å². The standard InChI is InChI=1S/C35H52N8O3/c1-7-28-33(45)40(5)29-21-36-34(39-31(29)43(28)35(2,3)4)38-27-15-10-24(20-30(27)46-6)32(44)37-25-11-13-26(14-12-25)42-18-16-41(17-19-42)22-23-8-9-23/h10,15,20-21,23,25-26,28H,7-9,11-14,16-19,22H2,1-6H3,(H,37,44)(H,36,38,39). The molecule has 1 saturated heterocycles. The maximum atomic E-state index is 13.3. The number of benzene rings is 1. The Hall–Kier alpha value is -3.44. The van der Waals surface area contributed by atoms with Gasteiger partial charge in [0.1, 0.15) is 17.5 Å². The number of hydrogen-bond donors (Lipinski definition) is 2. The molecule has 250 valence electrons. The Morgan fingerprint density at radius 1 is 1.04 bits per heavy atom. The minimum atomic E-state index is -0.325. The largest absolute Gasteiger partial charge is 0.495 e. The van der Waals surface area contributed by atoms with Crippen LogP contribution >= 0.6 is 0 Å². The van der Waals surface area contributed by atoms with E-state index in [1.54, 1.807) is 31.3 Å². The van der Waals surface area contributed by atoms with E-state index in [1.165, 1.54) is 45.6 Å². The smallest absolute Gasteiger partial charge is 0.251 e. The number of amides is 2. The van der Waals surface area contributed by atoms with Crippen molar-refractivity contribution in [2.45, 2.75) is 96.3 Å². The van der Waals surface area contributed by atoms with E-state index in [2.05, 4.69) is 51.1 Å². The first kappa shape index (κ1) is 32.5. The number of rotatable bonds is 9. The van der Waals surface area contributed by atoms with E-state index < -0.39 is 0 Å². The van der Waals surface area contributed by atoms with Gasteiger partial charge in [-0.2, -0.15) is 4.98 Å². The maximum Gasteiger partial charge on any atom is 0.251 e. The van der Waals surface area contributed by atoms with Crippen LogP contribution in [0.1, 0.15) is 83.0 Å². The predicted octanol–water partition coefficient (Wildman–Crippen LogP) is 4.66. The Labute approximate surface area is 274 Å². The number of piperazine rings is 1. The minimum absolute atomic E-state index is 0.0373. The molecular formula is C35H52N8O3. The molecule has 2 aliphatic carbocycles. The zero-order valence-corrected chi connectivity index (χ0v) is 28.5. The summed E-state index contributed by atoms with van der Waals surface area (Å²) in [6.45, 7) is 14.3. The average Bonchev–Trinajstić information content (AvgIpc) is 3.87. The third-order valence-corrected chi connectivity index (χ3v) is 10.3. The molecule has 2 N–H and O–H groups in total. The molecule has 6 rings (SSSR count). The van der Waals surface area contributed by atoms with Crippen LogP contribution in [0.2, 0.25) is 0 Å². The quantitative estimate of drug-likeness (QED) is 0.409. The van der Waals surface area contributed by atoms with Gasteiger partial charge in [0.15, 0.2) is 5.82 Å². The SMILES string of the molecule is CCC1C(=O)N(C)c2cnc(Nc3ccc(C(=O)NC4CCC(N5CCN(CC6CC6)CC5)CC4)cc3OC)nc2N1C(C)(C)C. The molecule has 1 aromatic heterocycles. The van der Waals surface area contributed by atoms with Crippen molar-refractivity contribution < 1.29 is 14.3 Å². The predicted molar refractivity (Wildman–Crippen MR) is 182 cm³/mol. The van der Waals surface area contributed by atoms with Crippen LogP contribution in [0.5, 0.6) is 5.75 Å². The molecule has 1 aromatic carbocycles. The minimum Gasteiger partial charge on any atom is -0.495 e. The van der Waals surface area contributed by atoms with E-state index in [0.29, 0.717) is 46.9 Å². The first-order chi connectivity index (χ1) is 22.0. The Morgan fingerprint density at radius 3 is 2.39 bits per heavy atom. The van der Waals surface area contributed by atoms with Gasteiger partial charge in [-0.25, -0.2) is 4.98 Å². The van der Waals surface area contributed by atoms with Crippen LogP contribution in [0.3, 0.4) is 0 Å². The normalized spacial score (nSPS) is 24.5. The second-order valence-electron chi connectivity index (χ2n) is 14.6. The van der Waals surface area contributed by atoms with Crippen molar-refractivity contribution in [3.05, 3.63) is 30.0 Å². The summed E-state index contributed by atoms with van der Waals surface area (Å²) in [6.07, 6.45) is 9.49. The van der Waals surface area contributed by atoms with Gasteiger partial charge in [-0.3, -0.25) is 14.5 Å². The lowest BCUT2D eigenvalue weighted by molar-refractivity contribution is -0.120. The summed E-state index contributed by atoms with van der Waals surface area (Å²) in [5.41, 5.74) is 1.57. The molecule has 2 amide bonds. The van der Waals surface area contributed by atoms with Gasteiger partial charge in [0.2, 0.25) is 11.9 Å². The summed E-state index contributed by atoms with van der Waals surface area (Å²) in [5.74, 6) is 2.55. The van der Waals surface area contributed by atoms with Gasteiger partial charge < -0.3 is 30.1 Å². The zero-order valence-electron chi connectivity index (χ0n) is 28.5. The second-order valence-corrected chi connectivity index (χ2v) is 14.6. The van der Waals surface area contributed by atoms with Gasteiger partial charge >= 0.3 is 0 Å². The van der Waals surface area contributed by atoms with E-state index >= 15 is 0 Å². The van der Waals surface area contributed by atoms with E-state index in [4.69, 9.17) is 9.72 Å². The highest BCUT2D eigenvalue weighted by Gasteiger charge is 2.42. The lowest BCUT2D eigenvalue weighted by atomic mass is 9.89. The molecule has 3 heterocycles. The third kappa shape index (κ3) is 6.95. The number of carbonyl (C=O) groups is 2. The molecule has 1 unspecified atom stereocenters. The van der Waals surface area contributed by atoms with Crippen LogP contribution < -0.4 is 25.2 Å². The van der Waals surface area contributed by atoms with Crippen LogP contribution in [-0.4, -0.2) is 102 Å². The summed E-state index contributed by atoms with van der Waals surface area (Å²) in [7, 11) is 3.37. The first-order valence-corrected chi connectivity index (χ1v) is 17.2. The van der Waals surface area contributed by atoms with Gasteiger partial charge in [0.25, 0.3) is 5.91 Å². The van der Waals surface area contributed by atoms with E-state index in [9.17, 15) is 9.59 Å². The Kier molecular flexibility index (Phi) is 9.43. The molecule has 0 radical (unpaired) electrons. The van der Waals surface area contributed by atoms with Crippen LogP contribution in [0, 0.1) is 5.92 Å². The first-order valence-electron chi connectivity index (χ1n) is 17.2. The monoisotopic (exact) mass is 632 g/mol. The highest BCUT2D eigenvalue weighted by Crippen LogP contribution is 2.40. The molecule has 1 atom stereocenters. The fraction of sp³-hybridized carbons (Fsp3) is 0.657. The van der Waals surface area contributed by atoms with Crippen molar-refractivity contribution in [3.63, 3.8) is 0 Å². The number of likely N-dealkylation sites (N-methyl/N-ethyl adjacent to an activating group) is 1.